The topological polar surface area (TPSA) is 79.5 Å². The first-order chi connectivity index (χ1) is 17.0. The van der Waals surface area contributed by atoms with Gasteiger partial charge in [-0.25, -0.2) is 4.98 Å². The zero-order valence-electron chi connectivity index (χ0n) is 19.4. The molecule has 0 aliphatic carbocycles. The number of carbonyl (C=O) groups excluding carboxylic acids is 1. The fraction of sp³-hybridized carbons (Fsp3) is 0.231. The molecule has 35 heavy (non-hydrogen) atoms. The molecular weight excluding hydrogens is 468 g/mol. The number of methoxy groups -OCH3 is 2. The number of hydrogen-bond acceptors (Lipinski definition) is 6. The summed E-state index contributed by atoms with van der Waals surface area (Å²) >= 11 is 6.35. The molecule has 1 N–H and O–H groups in total. The van der Waals surface area contributed by atoms with Crippen LogP contribution in [-0.4, -0.2) is 65.7 Å². The van der Waals surface area contributed by atoms with Gasteiger partial charge in [0.25, 0.3) is 5.91 Å². The quantitative estimate of drug-likeness (QED) is 0.446. The molecule has 9 heteroatoms. The van der Waals surface area contributed by atoms with E-state index in [4.69, 9.17) is 26.1 Å². The van der Waals surface area contributed by atoms with Crippen LogP contribution in [0.2, 0.25) is 5.02 Å². The van der Waals surface area contributed by atoms with E-state index in [9.17, 15) is 9.90 Å². The molecule has 1 amide bonds. The van der Waals surface area contributed by atoms with Crippen LogP contribution in [0.4, 0.5) is 5.69 Å². The molecule has 0 saturated carbocycles. The van der Waals surface area contributed by atoms with Gasteiger partial charge in [-0.3, -0.25) is 4.79 Å². The number of halogens is 1. The molecule has 4 aromatic rings. The van der Waals surface area contributed by atoms with Crippen LogP contribution in [0.1, 0.15) is 10.4 Å². The van der Waals surface area contributed by atoms with Crippen LogP contribution in [-0.2, 0) is 0 Å². The van der Waals surface area contributed by atoms with Gasteiger partial charge in [-0.05, 0) is 24.3 Å². The van der Waals surface area contributed by atoms with Crippen LogP contribution in [0.15, 0.2) is 60.9 Å². The first-order valence-corrected chi connectivity index (χ1v) is 11.6. The first kappa shape index (κ1) is 22.9. The minimum atomic E-state index is -0.150. The van der Waals surface area contributed by atoms with E-state index in [1.165, 1.54) is 6.07 Å². The standard InChI is InChI=1S/C26H25ClN4O4/c1-34-23-15-24(35-2)20(27)14-19(23)21-16-31-8-7-17(13-25(31)28-21)29-9-11-30(12-10-29)26(33)18-5-3-4-6-22(18)32/h3-8,13-16,32H,9-12H2,1-2H3. The van der Waals surface area contributed by atoms with Gasteiger partial charge in [-0.15, -0.1) is 0 Å². The number of phenolic OH excluding ortho intramolecular Hbond substituents is 1. The molecule has 0 atom stereocenters. The van der Waals surface area contributed by atoms with Crippen molar-refractivity contribution in [1.29, 1.82) is 0 Å². The van der Waals surface area contributed by atoms with Crippen molar-refractivity contribution in [2.45, 2.75) is 0 Å². The van der Waals surface area contributed by atoms with Gasteiger partial charge in [0.1, 0.15) is 22.9 Å². The first-order valence-electron chi connectivity index (χ1n) is 11.2. The molecule has 0 radical (unpaired) electrons. The number of phenols is 1. The lowest BCUT2D eigenvalue weighted by Crippen LogP contribution is -2.48. The van der Waals surface area contributed by atoms with Crippen molar-refractivity contribution in [2.24, 2.45) is 0 Å². The van der Waals surface area contributed by atoms with Crippen LogP contribution in [0.5, 0.6) is 17.2 Å². The maximum atomic E-state index is 12.8. The fourth-order valence-corrected chi connectivity index (χ4v) is 4.59. The number of rotatable bonds is 5. The summed E-state index contributed by atoms with van der Waals surface area (Å²) < 4.78 is 12.8. The highest BCUT2D eigenvalue weighted by molar-refractivity contribution is 6.32. The molecule has 1 aliphatic rings. The van der Waals surface area contributed by atoms with E-state index in [1.54, 1.807) is 49.5 Å². The SMILES string of the molecule is COc1cc(OC)c(-c2cn3ccc(N4CCN(C(=O)c5ccccc5O)CC4)cc3n2)cc1Cl. The lowest BCUT2D eigenvalue weighted by molar-refractivity contribution is 0.0743. The predicted octanol–water partition coefficient (Wildman–Crippen LogP) is 4.34. The lowest BCUT2D eigenvalue weighted by atomic mass is 10.1. The summed E-state index contributed by atoms with van der Waals surface area (Å²) in [6.45, 7) is 2.51. The lowest BCUT2D eigenvalue weighted by Gasteiger charge is -2.36. The largest absolute Gasteiger partial charge is 0.507 e. The van der Waals surface area contributed by atoms with Gasteiger partial charge in [0.15, 0.2) is 0 Å². The van der Waals surface area contributed by atoms with Crippen LogP contribution in [0.25, 0.3) is 16.9 Å². The Hall–Kier alpha value is -3.91. The predicted molar refractivity (Wildman–Crippen MR) is 135 cm³/mol. The van der Waals surface area contributed by atoms with Crippen LogP contribution >= 0.6 is 11.6 Å². The molecule has 8 nitrogen and oxygen atoms in total. The molecule has 0 unspecified atom stereocenters. The van der Waals surface area contributed by atoms with Crippen LogP contribution in [0, 0.1) is 0 Å². The minimum Gasteiger partial charge on any atom is -0.507 e. The number of nitrogens with zero attached hydrogens (tertiary/aromatic N) is 4. The summed E-state index contributed by atoms with van der Waals surface area (Å²) in [5.41, 5.74) is 3.67. The maximum Gasteiger partial charge on any atom is 0.257 e. The Kier molecular flexibility index (Phi) is 6.13. The normalized spacial score (nSPS) is 13.8. The second-order valence-corrected chi connectivity index (χ2v) is 8.67. The summed E-state index contributed by atoms with van der Waals surface area (Å²) in [4.78, 5) is 21.6. The van der Waals surface area contributed by atoms with Gasteiger partial charge in [0.2, 0.25) is 0 Å². The smallest absolute Gasteiger partial charge is 0.257 e. The van der Waals surface area contributed by atoms with Gasteiger partial charge in [0, 0.05) is 62.0 Å². The Bertz CT molecular complexity index is 1400. The number of aromatic hydroxyl groups is 1. The van der Waals surface area contributed by atoms with Gasteiger partial charge in [-0.1, -0.05) is 23.7 Å². The maximum absolute atomic E-state index is 12.8. The Morgan fingerprint density at radius 2 is 1.74 bits per heavy atom. The molecule has 1 aliphatic heterocycles. The number of imidazole rings is 1. The molecule has 2 aromatic carbocycles. The number of hydrogen-bond donors (Lipinski definition) is 1. The highest BCUT2D eigenvalue weighted by Crippen LogP contribution is 2.38. The summed E-state index contributed by atoms with van der Waals surface area (Å²) in [5.74, 6) is 1.03. The number of anilines is 1. The number of para-hydroxylation sites is 1. The van der Waals surface area contributed by atoms with E-state index in [0.717, 1.165) is 22.6 Å². The molecular formula is C26H25ClN4O4. The number of amides is 1. The van der Waals surface area contributed by atoms with E-state index in [-0.39, 0.29) is 11.7 Å². The second-order valence-electron chi connectivity index (χ2n) is 8.26. The number of benzene rings is 2. The molecule has 3 heterocycles. The highest BCUT2D eigenvalue weighted by atomic mass is 35.5. The van der Waals surface area contributed by atoms with Gasteiger partial charge >= 0.3 is 0 Å². The molecule has 180 valence electrons. The second kappa shape index (κ2) is 9.38. The van der Waals surface area contributed by atoms with Crippen LogP contribution in [0.3, 0.4) is 0 Å². The van der Waals surface area contributed by atoms with Crippen molar-refractivity contribution in [1.82, 2.24) is 14.3 Å². The average molecular weight is 493 g/mol. The summed E-state index contributed by atoms with van der Waals surface area (Å²) in [7, 11) is 3.16. The number of fused-ring (bicyclic) bond motifs is 1. The monoisotopic (exact) mass is 492 g/mol. The average Bonchev–Trinajstić information content (AvgIpc) is 3.32. The van der Waals surface area contributed by atoms with Crippen molar-refractivity contribution in [3.05, 3.63) is 71.5 Å². The molecule has 1 fully saturated rings. The molecule has 2 aromatic heterocycles. The highest BCUT2D eigenvalue weighted by Gasteiger charge is 2.24. The van der Waals surface area contributed by atoms with Crippen molar-refractivity contribution in [3.8, 4) is 28.5 Å². The number of piperazine rings is 1. The molecule has 5 rings (SSSR count). The fourth-order valence-electron chi connectivity index (χ4n) is 4.35. The number of ether oxygens (including phenoxy) is 2. The number of pyridine rings is 1. The third-order valence-corrected chi connectivity index (χ3v) is 6.56. The van der Waals surface area contributed by atoms with Crippen molar-refractivity contribution >= 4 is 28.8 Å². The van der Waals surface area contributed by atoms with Crippen molar-refractivity contribution in [3.63, 3.8) is 0 Å². The Labute approximate surface area is 207 Å². The number of aromatic nitrogens is 2. The number of carbonyl (C=O) groups is 1. The van der Waals surface area contributed by atoms with Gasteiger partial charge in [0.05, 0.1) is 30.5 Å². The van der Waals surface area contributed by atoms with Gasteiger partial charge in [-0.2, -0.15) is 0 Å². The van der Waals surface area contributed by atoms with Crippen molar-refractivity contribution < 1.29 is 19.4 Å². The van der Waals surface area contributed by atoms with E-state index in [2.05, 4.69) is 4.90 Å². The summed E-state index contributed by atoms with van der Waals surface area (Å²) in [6.07, 6.45) is 3.90. The van der Waals surface area contributed by atoms with E-state index < -0.39 is 0 Å². The Balaban J connectivity index is 1.35. The summed E-state index contributed by atoms with van der Waals surface area (Å²) in [5, 5.41) is 10.5. The van der Waals surface area contributed by atoms with E-state index in [0.29, 0.717) is 48.3 Å². The zero-order valence-corrected chi connectivity index (χ0v) is 20.2. The molecule has 0 bridgehead atoms. The Morgan fingerprint density at radius 3 is 2.46 bits per heavy atom. The van der Waals surface area contributed by atoms with Crippen LogP contribution < -0.4 is 14.4 Å². The third-order valence-electron chi connectivity index (χ3n) is 6.26. The molecule has 1 saturated heterocycles. The van der Waals surface area contributed by atoms with Gasteiger partial charge < -0.3 is 28.8 Å². The Morgan fingerprint density at radius 1 is 1.00 bits per heavy atom. The van der Waals surface area contributed by atoms with E-state index >= 15 is 0 Å². The van der Waals surface area contributed by atoms with E-state index in [1.807, 2.05) is 28.9 Å². The summed E-state index contributed by atoms with van der Waals surface area (Å²) in [6, 6.07) is 14.3. The molecule has 0 spiro atoms. The third kappa shape index (κ3) is 4.33. The minimum absolute atomic E-state index is 0.00951. The van der Waals surface area contributed by atoms with Crippen molar-refractivity contribution in [2.75, 3.05) is 45.3 Å². The zero-order chi connectivity index (χ0) is 24.5.